The molecule has 172 valence electrons. The highest BCUT2D eigenvalue weighted by molar-refractivity contribution is 5.62. The highest BCUT2D eigenvalue weighted by atomic mass is 16.7. The molecule has 3 aliphatic heterocycles. The van der Waals surface area contributed by atoms with Crippen LogP contribution in [0.5, 0.6) is 11.5 Å². The van der Waals surface area contributed by atoms with Gasteiger partial charge in [-0.3, -0.25) is 4.90 Å². The van der Waals surface area contributed by atoms with Crippen molar-refractivity contribution in [3.05, 3.63) is 71.0 Å². The van der Waals surface area contributed by atoms with E-state index in [9.17, 15) is 4.79 Å². The van der Waals surface area contributed by atoms with E-state index in [1.165, 1.54) is 5.56 Å². The summed E-state index contributed by atoms with van der Waals surface area (Å²) in [6.07, 6.45) is 3.90. The van der Waals surface area contributed by atoms with Gasteiger partial charge in [-0.25, -0.2) is 4.79 Å². The molecule has 1 aliphatic carbocycles. The number of rotatable bonds is 4. The van der Waals surface area contributed by atoms with Crippen molar-refractivity contribution >= 4 is 6.16 Å². The third-order valence-electron chi connectivity index (χ3n) is 7.39. The summed E-state index contributed by atoms with van der Waals surface area (Å²) in [5.74, 6) is 2.09. The Morgan fingerprint density at radius 2 is 1.97 bits per heavy atom. The van der Waals surface area contributed by atoms with Crippen LogP contribution in [0.25, 0.3) is 0 Å². The average molecular weight is 450 g/mol. The molecule has 6 rings (SSSR count). The van der Waals surface area contributed by atoms with Crippen LogP contribution in [0, 0.1) is 0 Å². The number of carbonyl (C=O) groups is 1. The summed E-state index contributed by atoms with van der Waals surface area (Å²) in [5, 5.41) is 0. The zero-order valence-corrected chi connectivity index (χ0v) is 18.6. The molecule has 0 amide bonds. The second-order valence-electron chi connectivity index (χ2n) is 9.03. The second kappa shape index (κ2) is 7.99. The first kappa shape index (κ1) is 20.4. The molecule has 2 aromatic carbocycles. The second-order valence-corrected chi connectivity index (χ2v) is 9.03. The first-order chi connectivity index (χ1) is 16.2. The third kappa shape index (κ3) is 3.33. The van der Waals surface area contributed by atoms with E-state index in [-0.39, 0.29) is 24.9 Å². The van der Waals surface area contributed by atoms with Gasteiger partial charge in [0.2, 0.25) is 6.79 Å². The van der Waals surface area contributed by atoms with Crippen molar-refractivity contribution in [2.24, 2.45) is 0 Å². The maximum atomic E-state index is 12.8. The van der Waals surface area contributed by atoms with Crippen molar-refractivity contribution in [2.45, 2.75) is 43.4 Å². The molecule has 4 aliphatic rings. The lowest BCUT2D eigenvalue weighted by Crippen LogP contribution is -2.47. The Labute approximate surface area is 192 Å². The normalized spacial score (nSPS) is 27.1. The van der Waals surface area contributed by atoms with Crippen LogP contribution in [-0.2, 0) is 27.2 Å². The maximum absolute atomic E-state index is 12.8. The number of fused-ring (bicyclic) bond motifs is 3. The highest BCUT2D eigenvalue weighted by Crippen LogP contribution is 2.55. The average Bonchev–Trinajstić information content (AvgIpc) is 3.52. The Hall–Kier alpha value is -3.19. The van der Waals surface area contributed by atoms with Gasteiger partial charge in [-0.1, -0.05) is 30.3 Å². The Kier molecular flexibility index (Phi) is 4.94. The van der Waals surface area contributed by atoms with Gasteiger partial charge in [-0.05, 0) is 60.7 Å². The van der Waals surface area contributed by atoms with Gasteiger partial charge in [0, 0.05) is 6.54 Å². The van der Waals surface area contributed by atoms with Crippen LogP contribution in [0.15, 0.2) is 54.3 Å². The van der Waals surface area contributed by atoms with Crippen LogP contribution in [-0.4, -0.2) is 49.7 Å². The van der Waals surface area contributed by atoms with Crippen LogP contribution in [0.3, 0.4) is 0 Å². The van der Waals surface area contributed by atoms with Crippen molar-refractivity contribution in [3.8, 4) is 11.5 Å². The quantitative estimate of drug-likeness (QED) is 0.650. The van der Waals surface area contributed by atoms with Crippen LogP contribution in [0.1, 0.15) is 35.4 Å². The summed E-state index contributed by atoms with van der Waals surface area (Å²) in [6.45, 7) is 2.33. The SMILES string of the molecule is COC1=C[C@]23CCCN2CCc2cc4c(cc2[C@@H]3[C@@H]1OC(=O)OCc1ccccc1)OCO4. The molecule has 0 bridgehead atoms. The number of methoxy groups -OCH3 is 1. The molecule has 1 spiro atoms. The van der Waals surface area contributed by atoms with Crippen molar-refractivity contribution in [1.29, 1.82) is 0 Å². The lowest BCUT2D eigenvalue weighted by molar-refractivity contribution is -0.00142. The van der Waals surface area contributed by atoms with Crippen molar-refractivity contribution < 1.29 is 28.5 Å². The molecule has 2 aromatic rings. The molecule has 7 heteroatoms. The van der Waals surface area contributed by atoms with E-state index in [2.05, 4.69) is 23.1 Å². The van der Waals surface area contributed by atoms with Gasteiger partial charge >= 0.3 is 6.16 Å². The predicted molar refractivity (Wildman–Crippen MR) is 119 cm³/mol. The van der Waals surface area contributed by atoms with E-state index in [1.807, 2.05) is 30.3 Å². The number of benzene rings is 2. The molecular weight excluding hydrogens is 422 g/mol. The van der Waals surface area contributed by atoms with Gasteiger partial charge in [0.15, 0.2) is 17.6 Å². The fraction of sp³-hybridized carbons (Fsp3) is 0.423. The number of nitrogens with zero attached hydrogens (tertiary/aromatic N) is 1. The number of carbonyl (C=O) groups excluding carboxylic acids is 1. The first-order valence-corrected chi connectivity index (χ1v) is 11.5. The number of hydrogen-bond donors (Lipinski definition) is 0. The molecule has 1 saturated heterocycles. The highest BCUT2D eigenvalue weighted by Gasteiger charge is 2.58. The Morgan fingerprint density at radius 1 is 1.15 bits per heavy atom. The van der Waals surface area contributed by atoms with Crippen molar-refractivity contribution in [2.75, 3.05) is 27.0 Å². The molecule has 0 saturated carbocycles. The molecule has 0 N–H and O–H groups in total. The number of hydrogen-bond acceptors (Lipinski definition) is 7. The van der Waals surface area contributed by atoms with Crippen LogP contribution in [0.2, 0.25) is 0 Å². The van der Waals surface area contributed by atoms with Gasteiger partial charge in [-0.2, -0.15) is 0 Å². The minimum absolute atomic E-state index is 0.105. The van der Waals surface area contributed by atoms with E-state index >= 15 is 0 Å². The number of ether oxygens (including phenoxy) is 5. The minimum Gasteiger partial charge on any atom is -0.497 e. The van der Waals surface area contributed by atoms with Gasteiger partial charge < -0.3 is 23.7 Å². The van der Waals surface area contributed by atoms with E-state index in [0.29, 0.717) is 5.76 Å². The molecule has 33 heavy (non-hydrogen) atoms. The van der Waals surface area contributed by atoms with E-state index in [0.717, 1.165) is 55.0 Å². The van der Waals surface area contributed by atoms with Crippen LogP contribution in [0.4, 0.5) is 4.79 Å². The summed E-state index contributed by atoms with van der Waals surface area (Å²) >= 11 is 0. The largest absolute Gasteiger partial charge is 0.509 e. The van der Waals surface area contributed by atoms with Gasteiger partial charge in [0.05, 0.1) is 18.6 Å². The molecule has 3 atom stereocenters. The summed E-state index contributed by atoms with van der Waals surface area (Å²) < 4.78 is 28.6. The summed E-state index contributed by atoms with van der Waals surface area (Å²) in [7, 11) is 1.64. The van der Waals surface area contributed by atoms with Gasteiger partial charge in [0.25, 0.3) is 0 Å². The van der Waals surface area contributed by atoms with Crippen molar-refractivity contribution in [1.82, 2.24) is 4.90 Å². The molecule has 0 aromatic heterocycles. The lowest BCUT2D eigenvalue weighted by atomic mass is 9.77. The Balaban J connectivity index is 1.34. The molecule has 0 unspecified atom stereocenters. The Morgan fingerprint density at radius 3 is 2.79 bits per heavy atom. The first-order valence-electron chi connectivity index (χ1n) is 11.5. The van der Waals surface area contributed by atoms with Gasteiger partial charge in [0.1, 0.15) is 12.4 Å². The van der Waals surface area contributed by atoms with Crippen LogP contribution < -0.4 is 9.47 Å². The van der Waals surface area contributed by atoms with E-state index in [4.69, 9.17) is 23.7 Å². The maximum Gasteiger partial charge on any atom is 0.509 e. The molecule has 3 heterocycles. The third-order valence-corrected chi connectivity index (χ3v) is 7.39. The van der Waals surface area contributed by atoms with E-state index in [1.54, 1.807) is 7.11 Å². The Bertz CT molecular complexity index is 1100. The standard InChI is InChI=1S/C26H27NO6/c1-29-22-14-26-9-5-10-27(26)11-8-18-12-20-21(32-16-31-20)13-19(18)23(26)24(22)33-25(28)30-15-17-6-3-2-4-7-17/h2-4,6-7,12-14,23-24H,5,8-11,15-16H2,1H3/t23-,24-,26+/m1/s1. The summed E-state index contributed by atoms with van der Waals surface area (Å²) in [4.78, 5) is 15.3. The topological polar surface area (TPSA) is 66.5 Å². The lowest BCUT2D eigenvalue weighted by Gasteiger charge is -2.39. The predicted octanol–water partition coefficient (Wildman–Crippen LogP) is 4.16. The van der Waals surface area contributed by atoms with Gasteiger partial charge in [-0.15, -0.1) is 0 Å². The summed E-state index contributed by atoms with van der Waals surface area (Å²) in [5.41, 5.74) is 2.99. The molecule has 0 radical (unpaired) electrons. The fourth-order valence-corrected chi connectivity index (χ4v) is 5.95. The molecule has 1 fully saturated rings. The van der Waals surface area contributed by atoms with Crippen LogP contribution >= 0.6 is 0 Å². The monoisotopic (exact) mass is 449 g/mol. The molecule has 7 nitrogen and oxygen atoms in total. The van der Waals surface area contributed by atoms with Crippen molar-refractivity contribution in [3.63, 3.8) is 0 Å². The zero-order valence-electron chi connectivity index (χ0n) is 18.6. The molecular formula is C26H27NO6. The fourth-order valence-electron chi connectivity index (χ4n) is 5.95. The minimum atomic E-state index is -0.694. The smallest absolute Gasteiger partial charge is 0.497 e. The summed E-state index contributed by atoms with van der Waals surface area (Å²) in [6, 6.07) is 13.7. The van der Waals surface area contributed by atoms with E-state index < -0.39 is 12.3 Å². The zero-order chi connectivity index (χ0) is 22.4.